The SMILES string of the molecule is CC(C)OC(=O)[C@H]1C[C@H]2C(=O)Oc3ccccc3[C@@]2(c2ccccc2)N1. The van der Waals surface area contributed by atoms with Gasteiger partial charge in [-0.15, -0.1) is 0 Å². The van der Waals surface area contributed by atoms with Crippen molar-refractivity contribution in [1.29, 1.82) is 0 Å². The molecule has 134 valence electrons. The average Bonchev–Trinajstić information content (AvgIpc) is 3.05. The number of carbonyl (C=O) groups excluding carboxylic acids is 2. The summed E-state index contributed by atoms with van der Waals surface area (Å²) in [5, 5.41) is 3.44. The van der Waals surface area contributed by atoms with Gasteiger partial charge in [0, 0.05) is 5.56 Å². The molecule has 5 heteroatoms. The summed E-state index contributed by atoms with van der Waals surface area (Å²) < 4.78 is 11.0. The van der Waals surface area contributed by atoms with E-state index in [1.165, 1.54) is 0 Å². The van der Waals surface area contributed by atoms with Crippen LogP contribution in [0.5, 0.6) is 5.75 Å². The van der Waals surface area contributed by atoms with Crippen LogP contribution in [0.25, 0.3) is 0 Å². The minimum absolute atomic E-state index is 0.209. The van der Waals surface area contributed by atoms with E-state index in [9.17, 15) is 9.59 Å². The van der Waals surface area contributed by atoms with Gasteiger partial charge in [0.05, 0.1) is 17.6 Å². The number of nitrogens with one attached hydrogen (secondary N) is 1. The number of esters is 2. The quantitative estimate of drug-likeness (QED) is 0.680. The van der Waals surface area contributed by atoms with Gasteiger partial charge in [0.25, 0.3) is 0 Å². The second-order valence-corrected chi connectivity index (χ2v) is 7.06. The molecule has 0 aromatic heterocycles. The van der Waals surface area contributed by atoms with Crippen molar-refractivity contribution in [3.8, 4) is 5.75 Å². The van der Waals surface area contributed by atoms with Crippen LogP contribution in [0.2, 0.25) is 0 Å². The zero-order chi connectivity index (χ0) is 18.3. The van der Waals surface area contributed by atoms with Gasteiger partial charge in [0.15, 0.2) is 0 Å². The van der Waals surface area contributed by atoms with Gasteiger partial charge < -0.3 is 9.47 Å². The third-order valence-electron chi connectivity index (χ3n) is 5.07. The number of rotatable bonds is 3. The molecule has 0 unspecified atom stereocenters. The highest BCUT2D eigenvalue weighted by Crippen LogP contribution is 2.50. The van der Waals surface area contributed by atoms with E-state index >= 15 is 0 Å². The van der Waals surface area contributed by atoms with Gasteiger partial charge in [-0.05, 0) is 31.9 Å². The molecular formula is C21H21NO4. The summed E-state index contributed by atoms with van der Waals surface area (Å²) in [6.45, 7) is 3.63. The minimum Gasteiger partial charge on any atom is -0.462 e. The maximum Gasteiger partial charge on any atom is 0.323 e. The van der Waals surface area contributed by atoms with Crippen LogP contribution in [-0.2, 0) is 19.9 Å². The summed E-state index contributed by atoms with van der Waals surface area (Å²) in [4.78, 5) is 25.3. The molecule has 1 saturated heterocycles. The van der Waals surface area contributed by atoms with E-state index in [2.05, 4.69) is 5.32 Å². The van der Waals surface area contributed by atoms with Crippen LogP contribution >= 0.6 is 0 Å². The highest BCUT2D eigenvalue weighted by Gasteiger charge is 2.58. The van der Waals surface area contributed by atoms with E-state index < -0.39 is 17.5 Å². The molecular weight excluding hydrogens is 330 g/mol. The molecule has 1 N–H and O–H groups in total. The molecule has 4 rings (SSSR count). The molecule has 2 heterocycles. The Hall–Kier alpha value is -2.66. The number of fused-ring (bicyclic) bond motifs is 3. The molecule has 0 amide bonds. The van der Waals surface area contributed by atoms with Crippen molar-refractivity contribution in [3.63, 3.8) is 0 Å². The Labute approximate surface area is 152 Å². The lowest BCUT2D eigenvalue weighted by molar-refractivity contribution is -0.149. The van der Waals surface area contributed by atoms with E-state index in [-0.39, 0.29) is 18.0 Å². The molecule has 0 spiro atoms. The molecule has 2 aliphatic heterocycles. The van der Waals surface area contributed by atoms with E-state index in [1.807, 2.05) is 62.4 Å². The molecule has 26 heavy (non-hydrogen) atoms. The van der Waals surface area contributed by atoms with Gasteiger partial charge in [-0.2, -0.15) is 0 Å². The Balaban J connectivity index is 1.86. The molecule has 0 saturated carbocycles. The van der Waals surface area contributed by atoms with Crippen LogP contribution in [0.3, 0.4) is 0 Å². The van der Waals surface area contributed by atoms with Gasteiger partial charge in [-0.3, -0.25) is 14.9 Å². The smallest absolute Gasteiger partial charge is 0.323 e. The standard InChI is InChI=1S/C21H21NO4/c1-13(2)25-20(24)17-12-16-19(23)26-18-11-7-6-10-15(18)21(16,22-17)14-8-4-3-5-9-14/h3-11,13,16-17,22H,12H2,1-2H3/t16-,17+,21+/m0/s1. The molecule has 3 atom stereocenters. The third-order valence-corrected chi connectivity index (χ3v) is 5.07. The van der Waals surface area contributed by atoms with Gasteiger partial charge >= 0.3 is 11.9 Å². The fraction of sp³-hybridized carbons (Fsp3) is 0.333. The largest absolute Gasteiger partial charge is 0.462 e. The number of ether oxygens (including phenoxy) is 2. The van der Waals surface area contributed by atoms with Crippen LogP contribution < -0.4 is 10.1 Å². The third kappa shape index (κ3) is 2.51. The van der Waals surface area contributed by atoms with E-state index in [1.54, 1.807) is 6.07 Å². The fourth-order valence-electron chi connectivity index (χ4n) is 4.06. The highest BCUT2D eigenvalue weighted by atomic mass is 16.5. The highest BCUT2D eigenvalue weighted by molar-refractivity contribution is 5.86. The lowest BCUT2D eigenvalue weighted by atomic mass is 9.72. The average molecular weight is 351 g/mol. The van der Waals surface area contributed by atoms with Gasteiger partial charge in [0.1, 0.15) is 11.8 Å². The molecule has 1 fully saturated rings. The van der Waals surface area contributed by atoms with Crippen molar-refractivity contribution >= 4 is 11.9 Å². The first kappa shape index (κ1) is 16.8. The van der Waals surface area contributed by atoms with Crippen molar-refractivity contribution < 1.29 is 19.1 Å². The summed E-state index contributed by atoms with van der Waals surface area (Å²) in [5.41, 5.74) is 1.01. The van der Waals surface area contributed by atoms with E-state index in [0.717, 1.165) is 11.1 Å². The normalized spacial score (nSPS) is 26.8. The summed E-state index contributed by atoms with van der Waals surface area (Å²) in [6, 6.07) is 16.7. The first-order valence-corrected chi connectivity index (χ1v) is 8.87. The van der Waals surface area contributed by atoms with Crippen molar-refractivity contribution in [2.45, 2.75) is 38.0 Å². The maximum atomic E-state index is 12.8. The number of hydrogen-bond acceptors (Lipinski definition) is 5. The van der Waals surface area contributed by atoms with Gasteiger partial charge in [-0.25, -0.2) is 0 Å². The second kappa shape index (κ2) is 6.25. The Kier molecular flexibility index (Phi) is 4.04. The Morgan fingerprint density at radius 2 is 1.85 bits per heavy atom. The van der Waals surface area contributed by atoms with Crippen molar-refractivity contribution in [1.82, 2.24) is 5.32 Å². The first-order chi connectivity index (χ1) is 12.5. The zero-order valence-corrected chi connectivity index (χ0v) is 14.8. The second-order valence-electron chi connectivity index (χ2n) is 7.06. The predicted octanol–water partition coefficient (Wildman–Crippen LogP) is 2.78. The van der Waals surface area contributed by atoms with Crippen molar-refractivity contribution in [2.75, 3.05) is 0 Å². The van der Waals surface area contributed by atoms with Gasteiger partial charge in [0.2, 0.25) is 0 Å². The lowest BCUT2D eigenvalue weighted by Crippen LogP contribution is -2.51. The van der Waals surface area contributed by atoms with Crippen LogP contribution in [0.1, 0.15) is 31.4 Å². The molecule has 2 aliphatic rings. The van der Waals surface area contributed by atoms with Crippen LogP contribution in [0.15, 0.2) is 54.6 Å². The van der Waals surface area contributed by atoms with Crippen LogP contribution in [-0.4, -0.2) is 24.1 Å². The monoisotopic (exact) mass is 351 g/mol. The fourth-order valence-corrected chi connectivity index (χ4v) is 4.06. The van der Waals surface area contributed by atoms with E-state index in [0.29, 0.717) is 12.2 Å². The molecule has 0 radical (unpaired) electrons. The number of para-hydroxylation sites is 1. The molecule has 0 bridgehead atoms. The lowest BCUT2D eigenvalue weighted by Gasteiger charge is -2.40. The summed E-state index contributed by atoms with van der Waals surface area (Å²) in [5.74, 6) is -0.623. The Bertz CT molecular complexity index is 848. The summed E-state index contributed by atoms with van der Waals surface area (Å²) in [6.07, 6.45) is 0.131. The molecule has 5 nitrogen and oxygen atoms in total. The number of benzene rings is 2. The maximum absolute atomic E-state index is 12.8. The first-order valence-electron chi connectivity index (χ1n) is 8.87. The zero-order valence-electron chi connectivity index (χ0n) is 14.8. The molecule has 2 aromatic carbocycles. The molecule has 2 aromatic rings. The van der Waals surface area contributed by atoms with E-state index in [4.69, 9.17) is 9.47 Å². The number of carbonyl (C=O) groups is 2. The summed E-state index contributed by atoms with van der Waals surface area (Å²) >= 11 is 0. The van der Waals surface area contributed by atoms with Crippen LogP contribution in [0.4, 0.5) is 0 Å². The van der Waals surface area contributed by atoms with Crippen molar-refractivity contribution in [3.05, 3.63) is 65.7 Å². The summed E-state index contributed by atoms with van der Waals surface area (Å²) in [7, 11) is 0. The predicted molar refractivity (Wildman–Crippen MR) is 95.6 cm³/mol. The minimum atomic E-state index is -0.798. The van der Waals surface area contributed by atoms with Crippen LogP contribution in [0, 0.1) is 5.92 Å². The van der Waals surface area contributed by atoms with Crippen molar-refractivity contribution in [2.24, 2.45) is 5.92 Å². The Morgan fingerprint density at radius 3 is 2.58 bits per heavy atom. The van der Waals surface area contributed by atoms with Gasteiger partial charge in [-0.1, -0.05) is 48.5 Å². The molecule has 0 aliphatic carbocycles. The Morgan fingerprint density at radius 1 is 1.15 bits per heavy atom. The number of hydrogen-bond donors (Lipinski definition) is 1. The topological polar surface area (TPSA) is 64.6 Å².